The van der Waals surface area contributed by atoms with Gasteiger partial charge < -0.3 is 48.8 Å². The van der Waals surface area contributed by atoms with Gasteiger partial charge in [0.05, 0.1) is 33.4 Å². The lowest BCUT2D eigenvalue weighted by molar-refractivity contribution is -0.277. The number of ether oxygens (including phenoxy) is 6. The fourth-order valence-electron chi connectivity index (χ4n) is 4.58. The predicted molar refractivity (Wildman–Crippen MR) is 112 cm³/mol. The highest BCUT2D eigenvalue weighted by Crippen LogP contribution is 2.56. The van der Waals surface area contributed by atoms with Gasteiger partial charge in [0, 0.05) is 17.2 Å². The van der Waals surface area contributed by atoms with Crippen molar-refractivity contribution in [1.29, 1.82) is 0 Å². The summed E-state index contributed by atoms with van der Waals surface area (Å²) in [7, 11) is 3.14. The molecule has 5 rings (SSSR count). The molecule has 7 atom stereocenters. The van der Waals surface area contributed by atoms with E-state index in [-0.39, 0.29) is 12.0 Å². The van der Waals surface area contributed by atoms with E-state index < -0.39 is 37.3 Å². The van der Waals surface area contributed by atoms with Crippen LogP contribution in [-0.2, 0) is 4.74 Å². The lowest BCUT2D eigenvalue weighted by atomic mass is 9.89. The van der Waals surface area contributed by atoms with Gasteiger partial charge in [0.15, 0.2) is 11.5 Å². The van der Waals surface area contributed by atoms with Crippen LogP contribution in [0.1, 0.15) is 23.1 Å². The van der Waals surface area contributed by atoms with E-state index >= 15 is 0 Å². The number of methoxy groups -OCH3 is 2. The summed E-state index contributed by atoms with van der Waals surface area (Å²) in [6, 6.07) is 8.93. The van der Waals surface area contributed by atoms with Crippen LogP contribution in [0.25, 0.3) is 0 Å². The molecule has 33 heavy (non-hydrogen) atoms. The Balaban J connectivity index is 1.38. The minimum atomic E-state index is -1.52. The van der Waals surface area contributed by atoms with Crippen molar-refractivity contribution in [1.82, 2.24) is 0 Å². The fraction of sp³-hybridized carbons (Fsp3) is 0.478. The topological polar surface area (TPSA) is 136 Å². The summed E-state index contributed by atoms with van der Waals surface area (Å²) in [5, 5.41) is 39.5. The van der Waals surface area contributed by atoms with Crippen molar-refractivity contribution < 1.29 is 48.8 Å². The van der Waals surface area contributed by atoms with E-state index in [9.17, 15) is 20.4 Å². The Hall–Kier alpha value is -2.76. The Morgan fingerprint density at radius 1 is 0.970 bits per heavy atom. The maximum atomic E-state index is 10.2. The van der Waals surface area contributed by atoms with Crippen LogP contribution < -0.4 is 23.7 Å². The molecular weight excluding hydrogens is 436 g/mol. The Morgan fingerprint density at radius 3 is 2.48 bits per heavy atom. The lowest BCUT2D eigenvalue weighted by Crippen LogP contribution is -2.60. The number of hydrogen-bond acceptors (Lipinski definition) is 10. The smallest absolute Gasteiger partial charge is 0.229 e. The molecule has 3 aliphatic rings. The quantitative estimate of drug-likeness (QED) is 0.497. The number of rotatable bonds is 5. The highest BCUT2D eigenvalue weighted by atomic mass is 16.7. The van der Waals surface area contributed by atoms with E-state index in [1.165, 1.54) is 0 Å². The maximum absolute atomic E-state index is 10.2. The molecule has 3 aliphatic heterocycles. The predicted octanol–water partition coefficient (Wildman–Crippen LogP) is 0.492. The molecule has 178 valence electrons. The number of fused-ring (bicyclic) bond motifs is 5. The molecule has 2 unspecified atom stereocenters. The molecule has 10 nitrogen and oxygen atoms in total. The van der Waals surface area contributed by atoms with Gasteiger partial charge in [-0.2, -0.15) is 0 Å². The molecule has 0 spiro atoms. The van der Waals surface area contributed by atoms with Crippen LogP contribution in [0.5, 0.6) is 28.7 Å². The third kappa shape index (κ3) is 3.54. The first kappa shape index (κ1) is 22.1. The van der Waals surface area contributed by atoms with Crippen LogP contribution in [0.3, 0.4) is 0 Å². The summed E-state index contributed by atoms with van der Waals surface area (Å²) in [5.41, 5.74) is 1.80. The molecule has 2 aromatic rings. The SMILES string of the molecule is COc1ccc2c(c1OC)OC1c3ccc(O[C@H]4O[C@H](CO)[C@@H](O)[C@H](O)[C@H]4O)cc3OCC21. The fourth-order valence-corrected chi connectivity index (χ4v) is 4.58. The van der Waals surface area contributed by atoms with E-state index in [1.807, 2.05) is 12.1 Å². The van der Waals surface area contributed by atoms with Crippen LogP contribution in [0.2, 0.25) is 0 Å². The molecule has 3 heterocycles. The molecule has 0 bridgehead atoms. The number of aliphatic hydroxyl groups excluding tert-OH is 4. The summed E-state index contributed by atoms with van der Waals surface area (Å²) in [5.74, 6) is 2.60. The van der Waals surface area contributed by atoms with E-state index in [4.69, 9.17) is 28.4 Å². The standard InChI is InChI=1S/C23H26O10/c1-28-14-6-5-11-13-9-30-15-7-10(3-4-12(15)20(13)33-21(11)22(14)29-2)31-23-19(27)18(26)17(25)16(8-24)32-23/h3-7,13,16-20,23-27H,8-9H2,1-2H3/t13?,16-,17-,18+,19-,20?,23+/m1/s1. The van der Waals surface area contributed by atoms with Gasteiger partial charge in [-0.05, 0) is 18.2 Å². The van der Waals surface area contributed by atoms with Crippen molar-refractivity contribution in [3.63, 3.8) is 0 Å². The zero-order valence-corrected chi connectivity index (χ0v) is 18.1. The molecule has 2 aromatic carbocycles. The molecule has 0 saturated carbocycles. The van der Waals surface area contributed by atoms with Crippen LogP contribution in [0.15, 0.2) is 30.3 Å². The summed E-state index contributed by atoms with van der Waals surface area (Å²) in [6.45, 7) is -0.156. The van der Waals surface area contributed by atoms with Crippen molar-refractivity contribution in [3.8, 4) is 28.7 Å². The minimum Gasteiger partial charge on any atom is -0.493 e. The van der Waals surface area contributed by atoms with Gasteiger partial charge in [0.25, 0.3) is 0 Å². The Morgan fingerprint density at radius 2 is 1.76 bits per heavy atom. The monoisotopic (exact) mass is 462 g/mol. The molecule has 0 amide bonds. The third-order valence-electron chi connectivity index (χ3n) is 6.35. The van der Waals surface area contributed by atoms with Crippen molar-refractivity contribution in [2.24, 2.45) is 0 Å². The molecule has 0 radical (unpaired) electrons. The minimum absolute atomic E-state index is 0.0236. The van der Waals surface area contributed by atoms with Crippen LogP contribution in [-0.4, -0.2) is 78.6 Å². The van der Waals surface area contributed by atoms with Crippen LogP contribution in [0.4, 0.5) is 0 Å². The summed E-state index contributed by atoms with van der Waals surface area (Å²) in [6.07, 6.45) is -7.09. The summed E-state index contributed by atoms with van der Waals surface area (Å²) < 4.78 is 34.3. The van der Waals surface area contributed by atoms with Crippen molar-refractivity contribution in [3.05, 3.63) is 41.5 Å². The molecule has 1 fully saturated rings. The van der Waals surface area contributed by atoms with Gasteiger partial charge >= 0.3 is 0 Å². The average molecular weight is 462 g/mol. The maximum Gasteiger partial charge on any atom is 0.229 e. The Labute approximate surface area is 189 Å². The van der Waals surface area contributed by atoms with Crippen molar-refractivity contribution in [2.45, 2.75) is 42.7 Å². The Kier molecular flexibility index (Phi) is 5.71. The van der Waals surface area contributed by atoms with Crippen LogP contribution in [0, 0.1) is 0 Å². The second-order valence-corrected chi connectivity index (χ2v) is 8.19. The summed E-state index contributed by atoms with van der Waals surface area (Å²) >= 11 is 0. The number of aliphatic hydroxyl groups is 4. The first-order valence-corrected chi connectivity index (χ1v) is 10.6. The largest absolute Gasteiger partial charge is 0.493 e. The molecule has 10 heteroatoms. The normalized spacial score (nSPS) is 32.0. The zero-order valence-electron chi connectivity index (χ0n) is 18.1. The highest BCUT2D eigenvalue weighted by Gasteiger charge is 2.46. The Bertz CT molecular complexity index is 1020. The molecule has 1 saturated heterocycles. The number of hydrogen-bond donors (Lipinski definition) is 4. The van der Waals surface area contributed by atoms with E-state index in [0.717, 1.165) is 11.1 Å². The van der Waals surface area contributed by atoms with E-state index in [2.05, 4.69) is 0 Å². The van der Waals surface area contributed by atoms with Crippen molar-refractivity contribution >= 4 is 0 Å². The van der Waals surface area contributed by atoms with Crippen molar-refractivity contribution in [2.75, 3.05) is 27.4 Å². The second-order valence-electron chi connectivity index (χ2n) is 8.19. The van der Waals surface area contributed by atoms with Crippen LogP contribution >= 0.6 is 0 Å². The van der Waals surface area contributed by atoms with Gasteiger partial charge in [-0.25, -0.2) is 0 Å². The van der Waals surface area contributed by atoms with Gasteiger partial charge in [-0.1, -0.05) is 6.07 Å². The van der Waals surface area contributed by atoms with E-state index in [1.54, 1.807) is 32.4 Å². The number of benzene rings is 2. The first-order chi connectivity index (χ1) is 16.0. The van der Waals surface area contributed by atoms with Gasteiger partial charge in [0.2, 0.25) is 12.0 Å². The second kappa shape index (κ2) is 8.54. The van der Waals surface area contributed by atoms with E-state index in [0.29, 0.717) is 35.4 Å². The molecule has 0 aromatic heterocycles. The third-order valence-corrected chi connectivity index (χ3v) is 6.35. The van der Waals surface area contributed by atoms with Gasteiger partial charge in [-0.15, -0.1) is 0 Å². The molecule has 0 aliphatic carbocycles. The summed E-state index contributed by atoms with van der Waals surface area (Å²) in [4.78, 5) is 0. The average Bonchev–Trinajstić information content (AvgIpc) is 3.22. The van der Waals surface area contributed by atoms with Gasteiger partial charge in [0.1, 0.15) is 42.0 Å². The zero-order chi connectivity index (χ0) is 23.3. The van der Waals surface area contributed by atoms with Gasteiger partial charge in [-0.3, -0.25) is 0 Å². The first-order valence-electron chi connectivity index (χ1n) is 10.6. The molecular formula is C23H26O10. The lowest BCUT2D eigenvalue weighted by Gasteiger charge is -2.39. The highest BCUT2D eigenvalue weighted by molar-refractivity contribution is 5.61. The molecule has 4 N–H and O–H groups in total.